The maximum Gasteiger partial charge on any atom is 0.181 e. The third-order valence-electron chi connectivity index (χ3n) is 10.9. The molecule has 0 saturated heterocycles. The summed E-state index contributed by atoms with van der Waals surface area (Å²) in [4.78, 5) is 19.7. The lowest BCUT2D eigenvalue weighted by atomic mass is 9.67. The summed E-state index contributed by atoms with van der Waals surface area (Å²) < 4.78 is 13.7. The summed E-state index contributed by atoms with van der Waals surface area (Å²) in [5.41, 5.74) is 10.7. The Kier molecular flexibility index (Phi) is 7.60. The molecule has 2 aromatic heterocycles. The number of hydrogen-bond donors (Lipinski definition) is 0. The van der Waals surface area contributed by atoms with E-state index in [-0.39, 0.29) is 0 Å². The quantitative estimate of drug-likeness (QED) is 0.169. The van der Waals surface area contributed by atoms with Crippen LogP contribution >= 0.6 is 0 Å². The van der Waals surface area contributed by atoms with Crippen LogP contribution in [-0.2, 0) is 5.41 Å². The highest BCUT2D eigenvalue weighted by Gasteiger charge is 2.47. The Labute approximate surface area is 329 Å². The molecule has 9 aromatic rings. The molecular weight excluding hydrogens is 701 g/mol. The number of ether oxygens (including phenoxy) is 2. The van der Waals surface area contributed by atoms with Gasteiger partial charge < -0.3 is 9.47 Å². The molecule has 6 heteroatoms. The van der Waals surface area contributed by atoms with Gasteiger partial charge in [-0.2, -0.15) is 0 Å². The van der Waals surface area contributed by atoms with Gasteiger partial charge in [-0.15, -0.1) is 0 Å². The van der Waals surface area contributed by atoms with Crippen LogP contribution in [0.1, 0.15) is 22.3 Å². The molecule has 0 spiro atoms. The lowest BCUT2D eigenvalue weighted by Gasteiger charge is -2.34. The van der Waals surface area contributed by atoms with Gasteiger partial charge in [0, 0.05) is 22.9 Å². The van der Waals surface area contributed by atoms with Crippen molar-refractivity contribution in [3.05, 3.63) is 217 Å². The first kappa shape index (κ1) is 32.7. The Balaban J connectivity index is 1.06. The molecule has 6 nitrogen and oxygen atoms in total. The Morgan fingerprint density at radius 2 is 0.965 bits per heavy atom. The number of nitrogens with zero attached hydrogens (tertiary/aromatic N) is 4. The lowest BCUT2D eigenvalue weighted by Crippen LogP contribution is -2.28. The van der Waals surface area contributed by atoms with Gasteiger partial charge in [0.15, 0.2) is 40.5 Å². The highest BCUT2D eigenvalue weighted by molar-refractivity contribution is 5.89. The molecule has 0 fully saturated rings. The van der Waals surface area contributed by atoms with E-state index in [4.69, 9.17) is 24.4 Å². The fraction of sp³-hybridized carbons (Fsp3) is 0.0196. The molecule has 268 valence electrons. The van der Waals surface area contributed by atoms with Crippen LogP contribution in [-0.4, -0.2) is 19.9 Å². The Morgan fingerprint density at radius 1 is 0.368 bits per heavy atom. The molecule has 0 amide bonds. The van der Waals surface area contributed by atoms with Crippen molar-refractivity contribution in [1.29, 1.82) is 0 Å². The van der Waals surface area contributed by atoms with Crippen molar-refractivity contribution in [2.45, 2.75) is 5.41 Å². The summed E-state index contributed by atoms with van der Waals surface area (Å²) in [5, 5.41) is 0. The van der Waals surface area contributed by atoms with Crippen molar-refractivity contribution in [1.82, 2.24) is 19.9 Å². The lowest BCUT2D eigenvalue weighted by molar-refractivity contribution is 0.360. The van der Waals surface area contributed by atoms with Crippen molar-refractivity contribution in [3.63, 3.8) is 0 Å². The van der Waals surface area contributed by atoms with E-state index < -0.39 is 5.41 Å². The van der Waals surface area contributed by atoms with E-state index in [0.717, 1.165) is 39.1 Å². The van der Waals surface area contributed by atoms with Crippen molar-refractivity contribution in [3.8, 4) is 79.5 Å². The summed E-state index contributed by atoms with van der Waals surface area (Å²) in [6.07, 6.45) is 1.80. The number of fused-ring (bicyclic) bond motifs is 5. The molecule has 1 aliphatic heterocycles. The highest BCUT2D eigenvalue weighted by atomic mass is 16.6. The third kappa shape index (κ3) is 5.34. The van der Waals surface area contributed by atoms with Gasteiger partial charge in [0.2, 0.25) is 0 Å². The SMILES string of the molecule is c1ccc(-c2nc(-c3cccc(-c4ccccn4)c3)nc(-c3cccc4c3Oc3cc5c(cc3O4)C(c3ccccc3)(c3ccccc3)c3ccccc3-5)n2)cc1. The van der Waals surface area contributed by atoms with Crippen molar-refractivity contribution >= 4 is 0 Å². The van der Waals surface area contributed by atoms with E-state index >= 15 is 0 Å². The first-order chi connectivity index (χ1) is 28.2. The maximum absolute atomic E-state index is 6.92. The highest BCUT2D eigenvalue weighted by Crippen LogP contribution is 2.60. The Bertz CT molecular complexity index is 2920. The topological polar surface area (TPSA) is 70.0 Å². The second-order valence-corrected chi connectivity index (χ2v) is 14.2. The molecule has 0 atom stereocenters. The molecule has 0 N–H and O–H groups in total. The molecule has 0 bridgehead atoms. The van der Waals surface area contributed by atoms with E-state index in [1.165, 1.54) is 16.7 Å². The van der Waals surface area contributed by atoms with Crippen LogP contribution in [0, 0.1) is 0 Å². The van der Waals surface area contributed by atoms with E-state index in [1.807, 2.05) is 84.9 Å². The van der Waals surface area contributed by atoms with Gasteiger partial charge in [-0.05, 0) is 75.8 Å². The second kappa shape index (κ2) is 13.3. The summed E-state index contributed by atoms with van der Waals surface area (Å²) in [7, 11) is 0. The van der Waals surface area contributed by atoms with Gasteiger partial charge in [-0.3, -0.25) is 4.98 Å². The van der Waals surface area contributed by atoms with Gasteiger partial charge in [-0.1, -0.05) is 146 Å². The smallest absolute Gasteiger partial charge is 0.181 e. The zero-order valence-corrected chi connectivity index (χ0v) is 30.6. The van der Waals surface area contributed by atoms with Crippen LogP contribution < -0.4 is 9.47 Å². The number of hydrogen-bond acceptors (Lipinski definition) is 6. The van der Waals surface area contributed by atoms with Gasteiger partial charge >= 0.3 is 0 Å². The molecule has 11 rings (SSSR count). The van der Waals surface area contributed by atoms with Crippen molar-refractivity contribution < 1.29 is 9.47 Å². The van der Waals surface area contributed by atoms with Crippen molar-refractivity contribution in [2.75, 3.05) is 0 Å². The number of rotatable bonds is 6. The molecule has 2 aliphatic rings. The molecule has 7 aromatic carbocycles. The largest absolute Gasteiger partial charge is 0.449 e. The molecule has 0 saturated carbocycles. The van der Waals surface area contributed by atoms with E-state index in [1.54, 1.807) is 6.20 Å². The minimum absolute atomic E-state index is 0.477. The average molecular weight is 733 g/mol. The van der Waals surface area contributed by atoms with Crippen LogP contribution in [0.25, 0.3) is 56.5 Å². The molecule has 1 aliphatic carbocycles. The summed E-state index contributed by atoms with van der Waals surface area (Å²) in [6, 6.07) is 64.3. The van der Waals surface area contributed by atoms with Crippen LogP contribution in [0.2, 0.25) is 0 Å². The molecular formula is C51H32N4O2. The first-order valence-electron chi connectivity index (χ1n) is 19.0. The zero-order chi connectivity index (χ0) is 37.8. The normalized spacial score (nSPS) is 13.0. The molecule has 0 unspecified atom stereocenters. The van der Waals surface area contributed by atoms with E-state index in [2.05, 4.69) is 108 Å². The fourth-order valence-corrected chi connectivity index (χ4v) is 8.41. The fourth-order valence-electron chi connectivity index (χ4n) is 8.41. The molecule has 57 heavy (non-hydrogen) atoms. The van der Waals surface area contributed by atoms with Crippen LogP contribution in [0.4, 0.5) is 0 Å². The van der Waals surface area contributed by atoms with Crippen LogP contribution in [0.5, 0.6) is 23.0 Å². The number of benzene rings is 7. The molecule has 3 heterocycles. The summed E-state index contributed by atoms with van der Waals surface area (Å²) in [6.45, 7) is 0. The van der Waals surface area contributed by atoms with Crippen LogP contribution in [0.15, 0.2) is 194 Å². The predicted octanol–water partition coefficient (Wildman–Crippen LogP) is 12.2. The predicted molar refractivity (Wildman–Crippen MR) is 223 cm³/mol. The Morgan fingerprint density at radius 3 is 1.72 bits per heavy atom. The average Bonchev–Trinajstić information content (AvgIpc) is 3.58. The van der Waals surface area contributed by atoms with Gasteiger partial charge in [0.1, 0.15) is 0 Å². The van der Waals surface area contributed by atoms with Crippen LogP contribution in [0.3, 0.4) is 0 Å². The van der Waals surface area contributed by atoms with Crippen molar-refractivity contribution in [2.24, 2.45) is 0 Å². The number of aromatic nitrogens is 4. The first-order valence-corrected chi connectivity index (χ1v) is 19.0. The summed E-state index contributed by atoms with van der Waals surface area (Å²) >= 11 is 0. The minimum Gasteiger partial charge on any atom is -0.449 e. The number of para-hydroxylation sites is 1. The number of pyridine rings is 1. The zero-order valence-electron chi connectivity index (χ0n) is 30.6. The van der Waals surface area contributed by atoms with Gasteiger partial charge in [0.25, 0.3) is 0 Å². The standard InChI is InChI=1S/C51H32N4O2/c1-4-16-33(17-5-1)48-53-49(35-19-14-18-34(30-35)43-27-12-13-29-52-43)55-50(54-48)39-25-15-28-44-47(39)57-45-31-40-38-24-10-11-26-41(38)51(36-20-6-2-7-21-36,37-22-8-3-9-23-37)42(40)32-46(45)56-44/h1-32H. The monoisotopic (exact) mass is 732 g/mol. The minimum atomic E-state index is -0.558. The van der Waals surface area contributed by atoms with Gasteiger partial charge in [-0.25, -0.2) is 15.0 Å². The maximum atomic E-state index is 6.92. The molecule has 0 radical (unpaired) electrons. The third-order valence-corrected chi connectivity index (χ3v) is 10.9. The Hall–Kier alpha value is -7.70. The van der Waals surface area contributed by atoms with E-state index in [9.17, 15) is 0 Å². The second-order valence-electron chi connectivity index (χ2n) is 14.2. The summed E-state index contributed by atoms with van der Waals surface area (Å²) in [5.74, 6) is 3.98. The van der Waals surface area contributed by atoms with Gasteiger partial charge in [0.05, 0.1) is 16.7 Å². The van der Waals surface area contributed by atoms with E-state index in [0.29, 0.717) is 46.0 Å².